The number of ether oxygens (including phenoxy) is 1. The zero-order chi connectivity index (χ0) is 30.0. The number of ketones is 1. The molecule has 4 aliphatic heterocycles. The predicted molar refractivity (Wildman–Crippen MR) is 162 cm³/mol. The lowest BCUT2D eigenvalue weighted by Crippen LogP contribution is -2.25. The molecule has 1 atom stereocenters. The number of fused-ring (bicyclic) bond motifs is 5. The van der Waals surface area contributed by atoms with Gasteiger partial charge in [-0.25, -0.2) is 15.0 Å². The molecule has 9 heteroatoms. The number of carbonyl (C=O) groups excluding carboxylic acids is 2. The van der Waals surface area contributed by atoms with E-state index in [4.69, 9.17) is 19.7 Å². The fraction of sp³-hybridized carbons (Fsp3) is 0.303. The topological polar surface area (TPSA) is 137 Å². The summed E-state index contributed by atoms with van der Waals surface area (Å²) >= 11 is 0. The van der Waals surface area contributed by atoms with E-state index in [1.807, 2.05) is 45.9 Å². The lowest BCUT2D eigenvalue weighted by molar-refractivity contribution is -0.140. The molecule has 3 N–H and O–H groups in total. The van der Waals surface area contributed by atoms with Crippen LogP contribution in [0.15, 0.2) is 77.2 Å². The molecule has 0 saturated heterocycles. The van der Waals surface area contributed by atoms with Gasteiger partial charge in [0.15, 0.2) is 5.78 Å². The molecule has 214 valence electrons. The largest absolute Gasteiger partial charge is 0.515 e. The maximum atomic E-state index is 13.4. The average Bonchev–Trinajstić information content (AvgIpc) is 3.70. The van der Waals surface area contributed by atoms with E-state index in [-0.39, 0.29) is 24.6 Å². The highest BCUT2D eigenvalue weighted by Crippen LogP contribution is 2.42. The Morgan fingerprint density at radius 3 is 2.48 bits per heavy atom. The van der Waals surface area contributed by atoms with E-state index in [0.717, 1.165) is 45.4 Å². The minimum absolute atomic E-state index is 0.0266. The number of aromatic amines is 1. The van der Waals surface area contributed by atoms with Crippen molar-refractivity contribution in [1.82, 2.24) is 4.98 Å². The van der Waals surface area contributed by atoms with Gasteiger partial charge in [-0.3, -0.25) is 9.59 Å². The maximum Gasteiger partial charge on any atom is 0.305 e. The Balaban J connectivity index is 1.67. The number of H-pyrrole nitrogens is 1. The summed E-state index contributed by atoms with van der Waals surface area (Å²) in [4.78, 5) is 43.7. The molecule has 9 nitrogen and oxygen atoms in total. The van der Waals surface area contributed by atoms with Crippen LogP contribution in [-0.4, -0.2) is 57.3 Å². The molecule has 0 aromatic carbocycles. The minimum atomic E-state index is -0.772. The Bertz CT molecular complexity index is 1930. The summed E-state index contributed by atoms with van der Waals surface area (Å²) in [6.45, 7) is 9.37. The predicted octanol–water partition coefficient (Wildman–Crippen LogP) is 3.51. The Morgan fingerprint density at radius 2 is 1.79 bits per heavy atom. The molecule has 42 heavy (non-hydrogen) atoms. The van der Waals surface area contributed by atoms with Gasteiger partial charge in [-0.05, 0) is 87.1 Å². The molecule has 1 aromatic heterocycles. The van der Waals surface area contributed by atoms with Gasteiger partial charge in [-0.2, -0.15) is 0 Å². The number of aliphatic imine (C=N–C) groups is 3. The van der Waals surface area contributed by atoms with E-state index >= 15 is 0 Å². The molecule has 8 bridgehead atoms. The monoisotopic (exact) mass is 564 g/mol. The third-order valence-electron chi connectivity index (χ3n) is 8.63. The number of nitrogens with one attached hydrogen (secondary N) is 1. The lowest BCUT2D eigenvalue weighted by Gasteiger charge is -2.09. The minimum Gasteiger partial charge on any atom is -0.515 e. The molecule has 5 heterocycles. The zero-order valence-corrected chi connectivity index (χ0v) is 24.5. The Morgan fingerprint density at radius 1 is 1.05 bits per heavy atom. The van der Waals surface area contributed by atoms with E-state index in [1.165, 1.54) is 7.11 Å². The summed E-state index contributed by atoms with van der Waals surface area (Å²) in [7, 11) is 1.36. The Kier molecular flexibility index (Phi) is 6.57. The molecule has 1 aromatic rings. The second kappa shape index (κ2) is 10.0. The first-order chi connectivity index (χ1) is 20.0. The van der Waals surface area contributed by atoms with E-state index < -0.39 is 6.10 Å². The van der Waals surface area contributed by atoms with E-state index in [0.29, 0.717) is 62.4 Å². The number of carbonyl (C=O) groups is 2. The number of allylic oxidation sites excluding steroid dienone is 7. The summed E-state index contributed by atoms with van der Waals surface area (Å²) in [5.74, 6) is -0.355. The molecule has 0 fully saturated rings. The van der Waals surface area contributed by atoms with Crippen molar-refractivity contribution in [1.29, 1.82) is 0 Å². The summed E-state index contributed by atoms with van der Waals surface area (Å²) in [5.41, 5.74) is 10.7. The Hall–Kier alpha value is -4.63. The number of aliphatic hydroxyl groups is 2. The maximum absolute atomic E-state index is 13.4. The fourth-order valence-electron chi connectivity index (χ4n) is 6.29. The summed E-state index contributed by atoms with van der Waals surface area (Å²) < 4.78 is 4.90. The number of hydrogen-bond donors (Lipinski definition) is 3. The van der Waals surface area contributed by atoms with Crippen LogP contribution in [0.2, 0.25) is 0 Å². The molecule has 1 unspecified atom stereocenters. The average molecular weight is 565 g/mol. The third kappa shape index (κ3) is 4.15. The van der Waals surface area contributed by atoms with Gasteiger partial charge in [0.05, 0.1) is 59.1 Å². The van der Waals surface area contributed by atoms with Gasteiger partial charge in [0.2, 0.25) is 0 Å². The summed E-state index contributed by atoms with van der Waals surface area (Å²) in [6.07, 6.45) is 6.62. The second-order valence-corrected chi connectivity index (χ2v) is 11.1. The van der Waals surface area contributed by atoms with Crippen LogP contribution in [0, 0.1) is 6.92 Å². The van der Waals surface area contributed by atoms with Crippen molar-refractivity contribution in [2.24, 2.45) is 15.0 Å². The molecule has 1 aliphatic carbocycles. The van der Waals surface area contributed by atoms with Gasteiger partial charge in [-0.15, -0.1) is 0 Å². The van der Waals surface area contributed by atoms with Crippen LogP contribution in [0.25, 0.3) is 18.4 Å². The molecule has 5 aliphatic rings. The highest BCUT2D eigenvalue weighted by molar-refractivity contribution is 6.31. The van der Waals surface area contributed by atoms with Crippen molar-refractivity contribution >= 4 is 47.3 Å². The van der Waals surface area contributed by atoms with Crippen molar-refractivity contribution in [3.63, 3.8) is 0 Å². The van der Waals surface area contributed by atoms with E-state index in [9.17, 15) is 19.8 Å². The SMILES string of the molecule is COC(=O)CCC1=C(C)C2=CC3=NC(=Cc4[nH]c(/c(=C/O)c4C)=CC4=NC5=C(CC(=O)C5=C4C)C1=N2)C(C(C)O)=C3C. The van der Waals surface area contributed by atoms with Gasteiger partial charge in [-0.1, -0.05) is 0 Å². The molecular weight excluding hydrogens is 532 g/mol. The number of methoxy groups -OCH3 is 1. The molecule has 0 amide bonds. The van der Waals surface area contributed by atoms with Crippen LogP contribution in [0.4, 0.5) is 0 Å². The third-order valence-corrected chi connectivity index (χ3v) is 8.63. The number of rotatable bonds is 4. The number of Topliss-reactive ketones (excluding diaryl/α,β-unsaturated/α-hetero) is 1. The molecule has 0 radical (unpaired) electrons. The lowest BCUT2D eigenvalue weighted by atomic mass is 9.94. The van der Waals surface area contributed by atoms with Crippen LogP contribution < -0.4 is 10.6 Å². The van der Waals surface area contributed by atoms with Crippen LogP contribution in [0.1, 0.15) is 58.2 Å². The van der Waals surface area contributed by atoms with Gasteiger partial charge >= 0.3 is 5.97 Å². The highest BCUT2D eigenvalue weighted by Gasteiger charge is 2.39. The normalized spacial score (nSPS) is 20.7. The first-order valence-corrected chi connectivity index (χ1v) is 13.9. The highest BCUT2D eigenvalue weighted by atomic mass is 16.5. The smallest absolute Gasteiger partial charge is 0.305 e. The first kappa shape index (κ1) is 27.5. The quantitative estimate of drug-likeness (QED) is 0.481. The molecule has 0 spiro atoms. The van der Waals surface area contributed by atoms with Crippen molar-refractivity contribution < 1.29 is 24.5 Å². The van der Waals surface area contributed by atoms with Gasteiger partial charge in [0.1, 0.15) is 0 Å². The van der Waals surface area contributed by atoms with Crippen LogP contribution in [0.5, 0.6) is 0 Å². The van der Waals surface area contributed by atoms with Crippen LogP contribution >= 0.6 is 0 Å². The van der Waals surface area contributed by atoms with Crippen LogP contribution in [-0.2, 0) is 14.3 Å². The van der Waals surface area contributed by atoms with Crippen molar-refractivity contribution in [3.8, 4) is 0 Å². The number of aliphatic hydroxyl groups excluding tert-OH is 2. The molecular formula is C33H32N4O5. The molecule has 6 rings (SSSR count). The van der Waals surface area contributed by atoms with E-state index in [2.05, 4.69) is 4.98 Å². The van der Waals surface area contributed by atoms with Crippen molar-refractivity contribution in [2.75, 3.05) is 7.11 Å². The van der Waals surface area contributed by atoms with Gasteiger partial charge < -0.3 is 19.9 Å². The standard InChI is InChI=1S/C33H32N4O5/c1-14-19(7-8-29(41)42-6)32-20-9-28(40)31-17(4)25(37-33(20)31)11-26-21(13-38)15(2)22(34-26)12-27-30(18(5)39)16(3)24(35-27)10-23(14)36-32/h10-13,18,34,38-39H,7-9H2,1-6H3/b21-13+,23-10?,26-11?,27-12?. The van der Waals surface area contributed by atoms with E-state index in [1.54, 1.807) is 6.92 Å². The number of nitrogens with zero attached hydrogens (tertiary/aromatic N) is 3. The van der Waals surface area contributed by atoms with Gasteiger partial charge in [0.25, 0.3) is 0 Å². The number of esters is 1. The zero-order valence-electron chi connectivity index (χ0n) is 24.5. The Labute approximate surface area is 242 Å². The first-order valence-electron chi connectivity index (χ1n) is 13.9. The van der Waals surface area contributed by atoms with Crippen LogP contribution in [0.3, 0.4) is 0 Å². The second-order valence-electron chi connectivity index (χ2n) is 11.1. The number of aromatic nitrogens is 1. The van der Waals surface area contributed by atoms with Crippen molar-refractivity contribution in [2.45, 2.75) is 60.0 Å². The fourth-order valence-corrected chi connectivity index (χ4v) is 6.29. The number of hydrogen-bond acceptors (Lipinski definition) is 8. The summed E-state index contributed by atoms with van der Waals surface area (Å²) in [5, 5.41) is 22.1. The molecule has 0 saturated carbocycles. The van der Waals surface area contributed by atoms with Crippen molar-refractivity contribution in [3.05, 3.63) is 84.0 Å². The summed E-state index contributed by atoms with van der Waals surface area (Å²) in [6, 6.07) is 0. The van der Waals surface area contributed by atoms with Gasteiger partial charge in [0, 0.05) is 40.5 Å².